The molecule has 10 heteroatoms. The molecule has 3 amide bonds. The predicted molar refractivity (Wildman–Crippen MR) is 130 cm³/mol. The van der Waals surface area contributed by atoms with Crippen LogP contribution in [-0.2, 0) is 35.3 Å². The molecule has 0 aromatic heterocycles. The second-order valence-electron chi connectivity index (χ2n) is 8.64. The molecule has 1 saturated carbocycles. The van der Waals surface area contributed by atoms with Gasteiger partial charge < -0.3 is 25.8 Å². The van der Waals surface area contributed by atoms with Crippen LogP contribution in [-0.4, -0.2) is 59.8 Å². The van der Waals surface area contributed by atoms with Gasteiger partial charge in [0.2, 0.25) is 11.7 Å². The van der Waals surface area contributed by atoms with Crippen LogP contribution < -0.4 is 16.0 Å². The summed E-state index contributed by atoms with van der Waals surface area (Å²) in [5.74, 6) is 0.293. The molecule has 0 heterocycles. The lowest BCUT2D eigenvalue weighted by Crippen LogP contribution is -2.56. The summed E-state index contributed by atoms with van der Waals surface area (Å²) in [4.78, 5) is 61.1. The molecule has 4 N–H and O–H groups in total. The number of ketones is 1. The Morgan fingerprint density at radius 3 is 2.36 bits per heavy atom. The zero-order chi connectivity index (χ0) is 26.3. The van der Waals surface area contributed by atoms with E-state index in [1.165, 1.54) is 6.92 Å². The first-order chi connectivity index (χ1) is 17.3. The number of carboxylic acid groups (broad SMARTS) is 1. The van der Waals surface area contributed by atoms with Crippen molar-refractivity contribution < 1.29 is 33.8 Å². The molecular formula is C26H33N3O7. The van der Waals surface area contributed by atoms with Crippen LogP contribution in [0.25, 0.3) is 0 Å². The monoisotopic (exact) mass is 499 g/mol. The average molecular weight is 500 g/mol. The van der Waals surface area contributed by atoms with Gasteiger partial charge in [-0.2, -0.15) is 0 Å². The average Bonchev–Trinajstić information content (AvgIpc) is 2.87. The van der Waals surface area contributed by atoms with Gasteiger partial charge in [0.1, 0.15) is 18.6 Å². The van der Waals surface area contributed by atoms with Crippen molar-refractivity contribution in [3.63, 3.8) is 0 Å². The van der Waals surface area contributed by atoms with E-state index in [-0.39, 0.29) is 19.1 Å². The quantitative estimate of drug-likeness (QED) is 0.233. The third-order valence-electron chi connectivity index (χ3n) is 5.81. The summed E-state index contributed by atoms with van der Waals surface area (Å²) in [7, 11) is 0. The largest absolute Gasteiger partial charge is 0.480 e. The van der Waals surface area contributed by atoms with E-state index in [4.69, 9.17) is 9.84 Å². The number of nitrogens with one attached hydrogen (secondary N) is 3. The van der Waals surface area contributed by atoms with Crippen LogP contribution in [0.15, 0.2) is 30.3 Å². The maximum absolute atomic E-state index is 13.2. The van der Waals surface area contributed by atoms with E-state index in [1.54, 1.807) is 0 Å². The Balaban J connectivity index is 2.13. The summed E-state index contributed by atoms with van der Waals surface area (Å²) < 4.78 is 5.59. The van der Waals surface area contributed by atoms with Crippen LogP contribution in [0.3, 0.4) is 0 Å². The van der Waals surface area contributed by atoms with E-state index >= 15 is 0 Å². The van der Waals surface area contributed by atoms with Crippen molar-refractivity contribution >= 4 is 29.5 Å². The SMILES string of the molecule is CC#CC(=O)N[C@H](CC1CCCCC1)C(=O)NC(COCc1ccccc1)C(=O)C(=O)NCC(=O)O. The van der Waals surface area contributed by atoms with Gasteiger partial charge in [-0.3, -0.25) is 24.0 Å². The molecule has 1 aliphatic rings. The van der Waals surface area contributed by atoms with Gasteiger partial charge in [0.15, 0.2) is 0 Å². The molecule has 0 saturated heterocycles. The smallest absolute Gasteiger partial charge is 0.322 e. The lowest BCUT2D eigenvalue weighted by Gasteiger charge is -2.27. The lowest BCUT2D eigenvalue weighted by atomic mass is 9.84. The molecule has 0 bridgehead atoms. The second kappa shape index (κ2) is 15.3. The van der Waals surface area contributed by atoms with Gasteiger partial charge in [-0.05, 0) is 30.7 Å². The molecule has 10 nitrogen and oxygen atoms in total. The Morgan fingerprint density at radius 2 is 1.72 bits per heavy atom. The van der Waals surface area contributed by atoms with Crippen molar-refractivity contribution in [2.75, 3.05) is 13.2 Å². The number of hydrogen-bond acceptors (Lipinski definition) is 6. The topological polar surface area (TPSA) is 151 Å². The van der Waals surface area contributed by atoms with Crippen molar-refractivity contribution in [2.24, 2.45) is 5.92 Å². The highest BCUT2D eigenvalue weighted by Gasteiger charge is 2.32. The molecule has 1 aliphatic carbocycles. The third kappa shape index (κ3) is 10.3. The van der Waals surface area contributed by atoms with Crippen LogP contribution in [0.1, 0.15) is 51.0 Å². The van der Waals surface area contributed by atoms with Gasteiger partial charge in [0.05, 0.1) is 13.2 Å². The molecule has 1 fully saturated rings. The van der Waals surface area contributed by atoms with Crippen molar-refractivity contribution in [3.8, 4) is 11.8 Å². The highest BCUT2D eigenvalue weighted by molar-refractivity contribution is 6.38. The van der Waals surface area contributed by atoms with Crippen LogP contribution >= 0.6 is 0 Å². The highest BCUT2D eigenvalue weighted by Crippen LogP contribution is 2.27. The maximum atomic E-state index is 13.2. The van der Waals surface area contributed by atoms with Crippen LogP contribution in [0, 0.1) is 17.8 Å². The molecule has 1 unspecified atom stereocenters. The number of carboxylic acids is 1. The molecular weight excluding hydrogens is 466 g/mol. The number of amides is 3. The molecule has 0 spiro atoms. The van der Waals surface area contributed by atoms with Crippen molar-refractivity contribution in [1.29, 1.82) is 0 Å². The number of Topliss-reactive ketones (excluding diaryl/α,β-unsaturated/α-hetero) is 1. The number of rotatable bonds is 13. The molecule has 0 aliphatic heterocycles. The first-order valence-electron chi connectivity index (χ1n) is 12.0. The molecule has 194 valence electrons. The van der Waals surface area contributed by atoms with E-state index in [2.05, 4.69) is 22.5 Å². The summed E-state index contributed by atoms with van der Waals surface area (Å²) in [6.45, 7) is 0.570. The summed E-state index contributed by atoms with van der Waals surface area (Å²) in [6, 6.07) is 6.79. The summed E-state index contributed by atoms with van der Waals surface area (Å²) >= 11 is 0. The van der Waals surface area contributed by atoms with Gasteiger partial charge in [0.25, 0.3) is 11.8 Å². The van der Waals surface area contributed by atoms with E-state index in [0.29, 0.717) is 6.42 Å². The molecule has 1 aromatic rings. The number of carbonyl (C=O) groups is 5. The zero-order valence-electron chi connectivity index (χ0n) is 20.4. The molecule has 36 heavy (non-hydrogen) atoms. The number of benzene rings is 1. The lowest BCUT2D eigenvalue weighted by molar-refractivity contribution is -0.143. The van der Waals surface area contributed by atoms with Gasteiger partial charge >= 0.3 is 5.97 Å². The minimum Gasteiger partial charge on any atom is -0.480 e. The van der Waals surface area contributed by atoms with Gasteiger partial charge in [-0.25, -0.2) is 0 Å². The molecule has 2 rings (SSSR count). The zero-order valence-corrected chi connectivity index (χ0v) is 20.4. The van der Waals surface area contributed by atoms with Gasteiger partial charge in [-0.15, -0.1) is 0 Å². The highest BCUT2D eigenvalue weighted by atomic mass is 16.5. The summed E-state index contributed by atoms with van der Waals surface area (Å²) in [5.41, 5.74) is 0.825. The van der Waals surface area contributed by atoms with Gasteiger partial charge in [0, 0.05) is 0 Å². The van der Waals surface area contributed by atoms with Crippen LogP contribution in [0.2, 0.25) is 0 Å². The second-order valence-corrected chi connectivity index (χ2v) is 8.64. The summed E-state index contributed by atoms with van der Waals surface area (Å²) in [5, 5.41) is 15.9. The fourth-order valence-electron chi connectivity index (χ4n) is 4.02. The number of ether oxygens (including phenoxy) is 1. The minimum absolute atomic E-state index is 0.131. The molecule has 1 aromatic carbocycles. The van der Waals surface area contributed by atoms with E-state index < -0.39 is 48.1 Å². The fourth-order valence-corrected chi connectivity index (χ4v) is 4.02. The Hall–Kier alpha value is -3.71. The normalized spacial score (nSPS) is 14.9. The standard InChI is InChI=1S/C26H33N3O7/c1-2-9-22(30)28-20(14-18-10-5-3-6-11-18)25(34)29-21(24(33)26(35)27-15-23(31)32)17-36-16-19-12-7-4-8-13-19/h4,7-8,12-13,18,20-21H,3,5-6,10-11,14-17H2,1H3,(H,27,35)(H,28,30)(H,29,34)(H,31,32)/t20-,21?/m1/s1. The van der Waals surface area contributed by atoms with Gasteiger partial charge in [-0.1, -0.05) is 68.4 Å². The van der Waals surface area contributed by atoms with E-state index in [9.17, 15) is 24.0 Å². The maximum Gasteiger partial charge on any atom is 0.322 e. The van der Waals surface area contributed by atoms with E-state index in [1.807, 2.05) is 35.6 Å². The minimum atomic E-state index is -1.38. The Labute approximate surface area is 210 Å². The van der Waals surface area contributed by atoms with E-state index in [0.717, 1.165) is 37.7 Å². The molecule has 0 radical (unpaired) electrons. The van der Waals surface area contributed by atoms with Crippen LogP contribution in [0.4, 0.5) is 0 Å². The Morgan fingerprint density at radius 1 is 1.03 bits per heavy atom. The Kier molecular flexibility index (Phi) is 12.1. The number of aliphatic carboxylic acids is 1. The Bertz CT molecular complexity index is 978. The third-order valence-corrected chi connectivity index (χ3v) is 5.81. The van der Waals surface area contributed by atoms with Crippen LogP contribution in [0.5, 0.6) is 0 Å². The molecule has 2 atom stereocenters. The number of hydrogen-bond donors (Lipinski definition) is 4. The predicted octanol–water partition coefficient (Wildman–Crippen LogP) is 0.936. The van der Waals surface area contributed by atoms with Crippen molar-refractivity contribution in [3.05, 3.63) is 35.9 Å². The fraction of sp³-hybridized carbons (Fsp3) is 0.500. The van der Waals surface area contributed by atoms with Crippen molar-refractivity contribution in [2.45, 2.75) is 64.1 Å². The first kappa shape index (κ1) is 28.5. The summed E-state index contributed by atoms with van der Waals surface area (Å²) in [6.07, 6.45) is 5.44. The number of carbonyl (C=O) groups excluding carboxylic acids is 4. The first-order valence-corrected chi connectivity index (χ1v) is 12.0. The van der Waals surface area contributed by atoms with Crippen molar-refractivity contribution in [1.82, 2.24) is 16.0 Å².